The minimum Gasteiger partial charge on any atom is -0.493 e. The van der Waals surface area contributed by atoms with E-state index in [0.29, 0.717) is 24.8 Å². The van der Waals surface area contributed by atoms with E-state index in [9.17, 15) is 4.79 Å². The van der Waals surface area contributed by atoms with E-state index in [2.05, 4.69) is 48.1 Å². The van der Waals surface area contributed by atoms with Crippen LogP contribution >= 0.6 is 0 Å². The maximum absolute atomic E-state index is 11.3. The molecule has 5 heteroatoms. The van der Waals surface area contributed by atoms with Gasteiger partial charge in [-0.2, -0.15) is 5.10 Å². The van der Waals surface area contributed by atoms with Crippen LogP contribution in [0.25, 0.3) is 11.3 Å². The van der Waals surface area contributed by atoms with Gasteiger partial charge in [-0.05, 0) is 41.8 Å². The second-order valence-electron chi connectivity index (χ2n) is 7.52. The first-order valence-corrected chi connectivity index (χ1v) is 9.49. The molecule has 1 aromatic heterocycles. The fraction of sp³-hybridized carbons (Fsp3) is 0.304. The van der Waals surface area contributed by atoms with Crippen molar-refractivity contribution in [1.29, 1.82) is 0 Å². The molecule has 3 aromatic rings. The second-order valence-corrected chi connectivity index (χ2v) is 7.52. The topological polar surface area (TPSA) is 47.4 Å². The quantitative estimate of drug-likeness (QED) is 0.542. The summed E-state index contributed by atoms with van der Waals surface area (Å²) in [5, 5.41) is 4.46. The van der Waals surface area contributed by atoms with Gasteiger partial charge in [0.05, 0.1) is 18.8 Å². The summed E-state index contributed by atoms with van der Waals surface area (Å²) >= 11 is 0. The molecule has 0 aliphatic heterocycles. The lowest BCUT2D eigenvalue weighted by molar-refractivity contribution is 0.111. The Labute approximate surface area is 166 Å². The van der Waals surface area contributed by atoms with Crippen LogP contribution in [-0.4, -0.2) is 36.8 Å². The molecule has 0 aliphatic carbocycles. The summed E-state index contributed by atoms with van der Waals surface area (Å²) in [4.78, 5) is 13.4. The highest BCUT2D eigenvalue weighted by Gasteiger charge is 2.12. The first kappa shape index (κ1) is 19.7. The lowest BCUT2D eigenvalue weighted by Crippen LogP contribution is -2.09. The summed E-state index contributed by atoms with van der Waals surface area (Å²) in [6.07, 6.45) is 0.786. The van der Waals surface area contributed by atoms with Crippen LogP contribution in [0.5, 0.6) is 5.75 Å². The summed E-state index contributed by atoms with van der Waals surface area (Å²) in [7, 11) is 4.04. The lowest BCUT2D eigenvalue weighted by Gasteiger charge is -2.14. The Bertz CT molecular complexity index is 927. The smallest absolute Gasteiger partial charge is 0.170 e. The summed E-state index contributed by atoms with van der Waals surface area (Å²) in [6.45, 7) is 5.50. The third kappa shape index (κ3) is 4.80. The van der Waals surface area contributed by atoms with E-state index in [1.807, 2.05) is 49.1 Å². The van der Waals surface area contributed by atoms with Crippen molar-refractivity contribution < 1.29 is 9.53 Å². The number of hydrogen-bond acceptors (Lipinski definition) is 4. The van der Waals surface area contributed by atoms with Crippen molar-refractivity contribution in [2.24, 2.45) is 5.92 Å². The lowest BCUT2D eigenvalue weighted by atomic mass is 10.1. The van der Waals surface area contributed by atoms with Gasteiger partial charge >= 0.3 is 0 Å². The highest BCUT2D eigenvalue weighted by Crippen LogP contribution is 2.26. The number of rotatable bonds is 8. The van der Waals surface area contributed by atoms with Crippen molar-refractivity contribution in [2.45, 2.75) is 20.4 Å². The van der Waals surface area contributed by atoms with Gasteiger partial charge in [0.2, 0.25) is 0 Å². The molecule has 0 amide bonds. The Kier molecular flexibility index (Phi) is 6.14. The highest BCUT2D eigenvalue weighted by atomic mass is 16.5. The average molecular weight is 377 g/mol. The number of benzene rings is 2. The summed E-state index contributed by atoms with van der Waals surface area (Å²) in [6, 6.07) is 18.1. The predicted octanol–water partition coefficient (Wildman–Crippen LogP) is 4.51. The maximum atomic E-state index is 11.3. The summed E-state index contributed by atoms with van der Waals surface area (Å²) in [5.41, 5.74) is 4.57. The van der Waals surface area contributed by atoms with E-state index < -0.39 is 0 Å². The van der Waals surface area contributed by atoms with Gasteiger partial charge < -0.3 is 9.64 Å². The average Bonchev–Trinajstić information content (AvgIpc) is 3.10. The Morgan fingerprint density at radius 2 is 1.86 bits per heavy atom. The summed E-state index contributed by atoms with van der Waals surface area (Å²) < 4.78 is 7.72. The molecular weight excluding hydrogens is 350 g/mol. The molecule has 0 unspecified atom stereocenters. The third-order valence-corrected chi connectivity index (χ3v) is 4.42. The van der Waals surface area contributed by atoms with Crippen molar-refractivity contribution in [3.8, 4) is 17.0 Å². The third-order valence-electron chi connectivity index (χ3n) is 4.42. The Hall–Kier alpha value is -3.08. The fourth-order valence-corrected chi connectivity index (χ4v) is 2.93. The van der Waals surface area contributed by atoms with Crippen LogP contribution in [0.3, 0.4) is 0 Å². The van der Waals surface area contributed by atoms with E-state index in [-0.39, 0.29) is 0 Å². The van der Waals surface area contributed by atoms with Crippen LogP contribution < -0.4 is 9.64 Å². The molecule has 28 heavy (non-hydrogen) atoms. The number of aromatic nitrogens is 2. The van der Waals surface area contributed by atoms with Crippen LogP contribution in [0.4, 0.5) is 5.69 Å². The molecule has 0 saturated carbocycles. The zero-order valence-corrected chi connectivity index (χ0v) is 16.9. The van der Waals surface area contributed by atoms with Gasteiger partial charge in [-0.1, -0.05) is 38.1 Å². The number of anilines is 1. The molecule has 0 radical (unpaired) electrons. The minimum atomic E-state index is 0.424. The van der Waals surface area contributed by atoms with Gasteiger partial charge in [0.1, 0.15) is 11.4 Å². The molecule has 0 saturated heterocycles. The number of carbonyl (C=O) groups excluding carboxylic acids is 1. The van der Waals surface area contributed by atoms with Crippen molar-refractivity contribution >= 4 is 12.0 Å². The molecule has 0 bridgehead atoms. The number of aldehydes is 1. The predicted molar refractivity (Wildman–Crippen MR) is 113 cm³/mol. The van der Waals surface area contributed by atoms with Crippen molar-refractivity contribution in [3.63, 3.8) is 0 Å². The molecule has 5 nitrogen and oxygen atoms in total. The highest BCUT2D eigenvalue weighted by molar-refractivity contribution is 5.76. The second kappa shape index (κ2) is 8.74. The van der Waals surface area contributed by atoms with E-state index in [1.54, 1.807) is 0 Å². The fourth-order valence-electron chi connectivity index (χ4n) is 2.93. The normalized spacial score (nSPS) is 10.9. The van der Waals surface area contributed by atoms with Crippen LogP contribution in [0.15, 0.2) is 54.6 Å². The van der Waals surface area contributed by atoms with Crippen molar-refractivity contribution in [3.05, 3.63) is 65.9 Å². The van der Waals surface area contributed by atoms with Gasteiger partial charge in [-0.25, -0.2) is 0 Å². The molecule has 0 aliphatic rings. The number of ether oxygens (including phenoxy) is 1. The summed E-state index contributed by atoms with van der Waals surface area (Å²) in [5.74, 6) is 1.28. The van der Waals surface area contributed by atoms with E-state index >= 15 is 0 Å². The number of hydrogen-bond donors (Lipinski definition) is 0. The molecule has 0 atom stereocenters. The van der Waals surface area contributed by atoms with E-state index in [1.165, 1.54) is 0 Å². The minimum absolute atomic E-state index is 0.424. The van der Waals surface area contributed by atoms with Gasteiger partial charge in [-0.3, -0.25) is 9.48 Å². The van der Waals surface area contributed by atoms with Crippen molar-refractivity contribution in [1.82, 2.24) is 9.78 Å². The monoisotopic (exact) mass is 377 g/mol. The zero-order valence-electron chi connectivity index (χ0n) is 16.9. The first-order chi connectivity index (χ1) is 13.5. The molecule has 0 spiro atoms. The molecule has 2 aromatic carbocycles. The van der Waals surface area contributed by atoms with Gasteiger partial charge in [0.25, 0.3) is 0 Å². The van der Waals surface area contributed by atoms with Gasteiger partial charge in [-0.15, -0.1) is 0 Å². The standard InChI is InChI=1S/C23H27N3O2/c1-17(2)16-28-22-7-5-6-19(12-22)23-13-20(15-27)24-26(23)14-18-8-10-21(11-9-18)25(3)4/h5-13,15,17H,14,16H2,1-4H3. The first-order valence-electron chi connectivity index (χ1n) is 9.49. The van der Waals surface area contributed by atoms with Crippen LogP contribution in [-0.2, 0) is 6.54 Å². The molecule has 3 rings (SSSR count). The largest absolute Gasteiger partial charge is 0.493 e. The van der Waals surface area contributed by atoms with Crippen LogP contribution in [0, 0.1) is 5.92 Å². The van der Waals surface area contributed by atoms with Crippen LogP contribution in [0.2, 0.25) is 0 Å². The van der Waals surface area contributed by atoms with Gasteiger partial charge in [0.15, 0.2) is 6.29 Å². The van der Waals surface area contributed by atoms with Crippen LogP contribution in [0.1, 0.15) is 29.9 Å². The number of carbonyl (C=O) groups is 1. The van der Waals surface area contributed by atoms with E-state index in [4.69, 9.17) is 4.74 Å². The molecule has 0 fully saturated rings. The molecule has 0 N–H and O–H groups in total. The Morgan fingerprint density at radius 1 is 1.11 bits per heavy atom. The SMILES string of the molecule is CC(C)COc1cccc(-c2cc(C=O)nn2Cc2ccc(N(C)C)cc2)c1. The Morgan fingerprint density at radius 3 is 2.50 bits per heavy atom. The molecule has 1 heterocycles. The number of nitrogens with zero attached hydrogens (tertiary/aromatic N) is 3. The molecular formula is C23H27N3O2. The van der Waals surface area contributed by atoms with E-state index in [0.717, 1.165) is 34.5 Å². The zero-order chi connectivity index (χ0) is 20.1. The Balaban J connectivity index is 1.89. The maximum Gasteiger partial charge on any atom is 0.170 e. The van der Waals surface area contributed by atoms with Gasteiger partial charge in [0, 0.05) is 25.3 Å². The van der Waals surface area contributed by atoms with Crippen molar-refractivity contribution in [2.75, 3.05) is 25.6 Å². The molecule has 146 valence electrons.